The lowest BCUT2D eigenvalue weighted by Gasteiger charge is -2.33. The number of nitrogens with zero attached hydrogens (tertiary/aromatic N) is 2. The molecule has 0 bridgehead atoms. The number of carbonyl (C=O) groups excluding carboxylic acids is 4. The summed E-state index contributed by atoms with van der Waals surface area (Å²) < 4.78 is 32.3. The number of carboxylic acids is 1. The Kier molecular flexibility index (Phi) is 8.71. The number of rotatable bonds is 7. The second-order valence-corrected chi connectivity index (χ2v) is 12.0. The number of piperazine rings is 1. The van der Waals surface area contributed by atoms with Gasteiger partial charge < -0.3 is 35.2 Å². The lowest BCUT2D eigenvalue weighted by Crippen LogP contribution is -2.60. The van der Waals surface area contributed by atoms with Crippen LogP contribution in [-0.4, -0.2) is 93.9 Å². The molecular formula is C25H27BFN4O10P. The molecule has 5 N–H and O–H groups in total. The van der Waals surface area contributed by atoms with E-state index in [0.29, 0.717) is 10.5 Å². The lowest BCUT2D eigenvalue weighted by molar-refractivity contribution is -0.153. The van der Waals surface area contributed by atoms with Crippen LogP contribution in [0.25, 0.3) is 0 Å². The third-order valence-electron chi connectivity index (χ3n) is 6.90. The zero-order valence-corrected chi connectivity index (χ0v) is 23.3. The molecule has 1 fully saturated rings. The number of halogens is 1. The van der Waals surface area contributed by atoms with Crippen LogP contribution in [0.4, 0.5) is 9.18 Å². The number of likely N-dealkylation sites (N-methyl/N-ethyl adjacent to an activating group) is 1. The first-order valence-corrected chi connectivity index (χ1v) is 14.8. The lowest BCUT2D eigenvalue weighted by atomic mass is 9.72. The van der Waals surface area contributed by atoms with E-state index in [1.807, 2.05) is 0 Å². The van der Waals surface area contributed by atoms with E-state index >= 15 is 0 Å². The van der Waals surface area contributed by atoms with Crippen molar-refractivity contribution >= 4 is 49.5 Å². The molecule has 2 heterocycles. The van der Waals surface area contributed by atoms with Gasteiger partial charge in [0, 0.05) is 26.3 Å². The van der Waals surface area contributed by atoms with Gasteiger partial charge >= 0.3 is 30.9 Å². The van der Waals surface area contributed by atoms with Crippen molar-refractivity contribution in [2.45, 2.75) is 25.3 Å². The number of imide groups is 1. The molecule has 0 spiro atoms. The van der Waals surface area contributed by atoms with Gasteiger partial charge in [0.2, 0.25) is 13.3 Å². The second-order valence-electron chi connectivity index (χ2n) is 9.74. The Morgan fingerprint density at radius 2 is 1.90 bits per heavy atom. The largest absolute Gasteiger partial charge is 0.547 e. The van der Waals surface area contributed by atoms with Crippen molar-refractivity contribution in [1.29, 1.82) is 0 Å². The summed E-state index contributed by atoms with van der Waals surface area (Å²) in [5, 5.41) is 24.2. The fraction of sp³-hybridized carbons (Fsp3) is 0.320. The number of para-hydroxylation sites is 1. The highest BCUT2D eigenvalue weighted by atomic mass is 31.2. The minimum absolute atomic E-state index is 0.0559. The van der Waals surface area contributed by atoms with E-state index in [2.05, 4.69) is 10.6 Å². The van der Waals surface area contributed by atoms with Crippen LogP contribution in [0.1, 0.15) is 34.5 Å². The zero-order chi connectivity index (χ0) is 30.9. The number of urea groups is 1. The molecule has 3 atom stereocenters. The predicted octanol–water partition coefficient (Wildman–Crippen LogP) is -0.370. The van der Waals surface area contributed by atoms with Gasteiger partial charge in [-0.2, -0.15) is 0 Å². The van der Waals surface area contributed by atoms with E-state index < -0.39 is 67.3 Å². The highest BCUT2D eigenvalue weighted by Gasteiger charge is 2.41. The van der Waals surface area contributed by atoms with E-state index in [4.69, 9.17) is 4.65 Å². The molecule has 17 heteroatoms. The van der Waals surface area contributed by atoms with Crippen LogP contribution >= 0.6 is 7.37 Å². The Morgan fingerprint density at radius 1 is 1.19 bits per heavy atom. The first-order valence-electron chi connectivity index (χ1n) is 12.7. The van der Waals surface area contributed by atoms with Crippen molar-refractivity contribution in [2.24, 2.45) is 0 Å². The average Bonchev–Trinajstić information content (AvgIpc) is 2.92. The molecule has 0 saturated carbocycles. The van der Waals surface area contributed by atoms with E-state index in [1.165, 1.54) is 23.1 Å². The number of carbonyl (C=O) groups is 5. The molecule has 2 aromatic carbocycles. The molecule has 2 aliphatic heterocycles. The highest BCUT2D eigenvalue weighted by molar-refractivity contribution is 7.65. The van der Waals surface area contributed by atoms with Crippen LogP contribution in [0.15, 0.2) is 36.4 Å². The van der Waals surface area contributed by atoms with Gasteiger partial charge in [0.1, 0.15) is 17.6 Å². The first-order chi connectivity index (χ1) is 19.7. The third-order valence-corrected chi connectivity index (χ3v) is 8.15. The molecule has 14 nitrogen and oxygen atoms in total. The summed E-state index contributed by atoms with van der Waals surface area (Å²) in [6.45, 7) is 2.71. The van der Waals surface area contributed by atoms with Gasteiger partial charge in [0.25, 0.3) is 0 Å². The predicted molar refractivity (Wildman–Crippen MR) is 145 cm³/mol. The number of hydrogen-bond donors (Lipinski definition) is 5. The molecule has 1 saturated heterocycles. The SMILES string of the molecule is CCN1CCN(C(=O)N[C@@H](C(=O)N[C@H]2Cc3cccc(C(=O)O)c3OB2O)c2ccc(P(C)(=O)O)c(F)c2)C(=O)C1=O. The first kappa shape index (κ1) is 30.7. The van der Waals surface area contributed by atoms with Gasteiger partial charge in [0.05, 0.1) is 16.8 Å². The Balaban J connectivity index is 1.62. The van der Waals surface area contributed by atoms with E-state index in [9.17, 15) is 48.0 Å². The Bertz CT molecular complexity index is 1520. The van der Waals surface area contributed by atoms with Gasteiger partial charge in [0.15, 0.2) is 0 Å². The van der Waals surface area contributed by atoms with Crippen LogP contribution < -0.4 is 20.6 Å². The minimum atomic E-state index is -4.03. The number of carboxylic acid groups (broad SMARTS) is 1. The fourth-order valence-corrected chi connectivity index (χ4v) is 5.51. The zero-order valence-electron chi connectivity index (χ0n) is 22.4. The monoisotopic (exact) mass is 604 g/mol. The smallest absolute Gasteiger partial charge is 0.534 e. The van der Waals surface area contributed by atoms with Gasteiger partial charge in [-0.3, -0.25) is 23.8 Å². The van der Waals surface area contributed by atoms with Crippen molar-refractivity contribution in [1.82, 2.24) is 20.4 Å². The molecule has 0 aliphatic carbocycles. The van der Waals surface area contributed by atoms with Crippen molar-refractivity contribution in [2.75, 3.05) is 26.3 Å². The summed E-state index contributed by atoms with van der Waals surface area (Å²) in [5.41, 5.74) is -0.0150. The minimum Gasteiger partial charge on any atom is -0.534 e. The standard InChI is InChI=1S/C25H27BFN4O10P/c1-3-30-9-10-31(23(34)22(30)33)25(37)29-19(13-7-8-17(16(27)11-13)42(2,39)40)21(32)28-18-12-14-5-4-6-15(24(35)36)20(14)41-26(18)38/h4-8,11,18-19,38H,3,9-10,12H2,1-2H3,(H,28,32)(H,29,37)(H,35,36)(H,39,40)/t18-,19+/m0/s1. The summed E-state index contributed by atoms with van der Waals surface area (Å²) in [4.78, 5) is 74.6. The summed E-state index contributed by atoms with van der Waals surface area (Å²) in [5.74, 6) is -6.69. The quantitative estimate of drug-likeness (QED) is 0.158. The van der Waals surface area contributed by atoms with Crippen molar-refractivity contribution in [3.05, 3.63) is 58.9 Å². The third kappa shape index (κ3) is 6.15. The maximum Gasteiger partial charge on any atom is 0.547 e. The molecule has 222 valence electrons. The molecule has 2 aliphatic rings. The summed E-state index contributed by atoms with van der Waals surface area (Å²) in [7, 11) is -5.74. The summed E-state index contributed by atoms with van der Waals surface area (Å²) >= 11 is 0. The van der Waals surface area contributed by atoms with E-state index in [0.717, 1.165) is 24.9 Å². The van der Waals surface area contributed by atoms with Crippen LogP contribution in [0.2, 0.25) is 0 Å². The number of amides is 5. The van der Waals surface area contributed by atoms with E-state index in [-0.39, 0.29) is 42.9 Å². The molecule has 0 radical (unpaired) electrons. The number of fused-ring (bicyclic) bond motifs is 1. The van der Waals surface area contributed by atoms with Crippen molar-refractivity contribution in [3.63, 3.8) is 0 Å². The molecular weight excluding hydrogens is 577 g/mol. The van der Waals surface area contributed by atoms with E-state index in [1.54, 1.807) is 6.92 Å². The second kappa shape index (κ2) is 11.9. The fourth-order valence-electron chi connectivity index (χ4n) is 4.69. The molecule has 0 aromatic heterocycles. The van der Waals surface area contributed by atoms with Gasteiger partial charge in [-0.25, -0.2) is 14.0 Å². The Morgan fingerprint density at radius 3 is 2.52 bits per heavy atom. The maximum absolute atomic E-state index is 14.8. The summed E-state index contributed by atoms with van der Waals surface area (Å²) in [6.07, 6.45) is -0.0766. The van der Waals surface area contributed by atoms with Gasteiger partial charge in [-0.05, 0) is 42.7 Å². The molecule has 4 rings (SSSR count). The normalized spacial score (nSPS) is 18.9. The molecule has 1 unspecified atom stereocenters. The van der Waals surface area contributed by atoms with Crippen LogP contribution in [0, 0.1) is 5.82 Å². The maximum atomic E-state index is 14.8. The molecule has 5 amide bonds. The van der Waals surface area contributed by atoms with Crippen molar-refractivity contribution in [3.8, 4) is 5.75 Å². The van der Waals surface area contributed by atoms with Crippen LogP contribution in [0.5, 0.6) is 5.75 Å². The highest BCUT2D eigenvalue weighted by Crippen LogP contribution is 2.35. The van der Waals surface area contributed by atoms with Crippen LogP contribution in [0.3, 0.4) is 0 Å². The van der Waals surface area contributed by atoms with Crippen molar-refractivity contribution < 1.29 is 52.6 Å². The number of hydrogen-bond acceptors (Lipinski definition) is 8. The van der Waals surface area contributed by atoms with Crippen LogP contribution in [-0.2, 0) is 25.4 Å². The summed E-state index contributed by atoms with van der Waals surface area (Å²) in [6, 6.07) is 4.34. The number of nitrogens with one attached hydrogen (secondary N) is 2. The van der Waals surface area contributed by atoms with Gasteiger partial charge in [-0.1, -0.05) is 18.2 Å². The molecule has 2 aromatic rings. The van der Waals surface area contributed by atoms with Gasteiger partial charge in [-0.15, -0.1) is 0 Å². The Labute approximate surface area is 239 Å². The number of benzene rings is 2. The Hall–Kier alpha value is -4.27. The number of aromatic carboxylic acids is 1. The molecule has 42 heavy (non-hydrogen) atoms. The average molecular weight is 604 g/mol. The topological polar surface area (TPSA) is 203 Å².